The highest BCUT2D eigenvalue weighted by Gasteiger charge is 2.12. The van der Waals surface area contributed by atoms with Crippen molar-refractivity contribution in [1.82, 2.24) is 10.6 Å². The van der Waals surface area contributed by atoms with Crippen LogP contribution in [0.5, 0.6) is 0 Å². The first-order valence-electron chi connectivity index (χ1n) is 7.30. The van der Waals surface area contributed by atoms with Gasteiger partial charge in [0.15, 0.2) is 0 Å². The lowest BCUT2D eigenvalue weighted by atomic mass is 10.1. The lowest BCUT2D eigenvalue weighted by Gasteiger charge is -2.14. The Morgan fingerprint density at radius 1 is 1.12 bits per heavy atom. The fourth-order valence-corrected chi connectivity index (χ4v) is 2.13. The van der Waals surface area contributed by atoms with Crippen molar-refractivity contribution >= 4 is 29.2 Å². The Hall–Kier alpha value is -2.44. The number of para-hydroxylation sites is 1. The molecule has 0 aliphatic carbocycles. The number of hydrogen-bond donors (Lipinski definition) is 3. The van der Waals surface area contributed by atoms with Gasteiger partial charge in [0.2, 0.25) is 5.91 Å². The molecule has 0 fully saturated rings. The molecular weight excluding hydrogens is 333 g/mol. The van der Waals surface area contributed by atoms with Crippen molar-refractivity contribution in [1.29, 1.82) is 0 Å². The third kappa shape index (κ3) is 5.33. The van der Waals surface area contributed by atoms with E-state index in [0.29, 0.717) is 5.02 Å². The first-order chi connectivity index (χ1) is 11.5. The summed E-state index contributed by atoms with van der Waals surface area (Å²) < 4.78 is 13.4. The van der Waals surface area contributed by atoms with Crippen molar-refractivity contribution in [2.75, 3.05) is 11.9 Å². The van der Waals surface area contributed by atoms with Crippen LogP contribution < -0.4 is 16.0 Å². The molecule has 1 atom stereocenters. The smallest absolute Gasteiger partial charge is 0.305 e. The normalized spacial score (nSPS) is 11.6. The second-order valence-electron chi connectivity index (χ2n) is 5.14. The molecule has 0 unspecified atom stereocenters. The molecule has 0 radical (unpaired) electrons. The van der Waals surface area contributed by atoms with Crippen molar-refractivity contribution in [3.05, 3.63) is 64.9 Å². The largest absolute Gasteiger partial charge is 0.326 e. The van der Waals surface area contributed by atoms with E-state index in [1.165, 1.54) is 18.2 Å². The molecule has 2 aromatic rings. The third-order valence-corrected chi connectivity index (χ3v) is 3.57. The molecular formula is C17H17ClFN3O2. The summed E-state index contributed by atoms with van der Waals surface area (Å²) in [5.74, 6) is -1.10. The van der Waals surface area contributed by atoms with Gasteiger partial charge in [0, 0.05) is 11.1 Å². The van der Waals surface area contributed by atoms with Gasteiger partial charge in [0.05, 0.1) is 12.2 Å². The van der Waals surface area contributed by atoms with E-state index in [9.17, 15) is 14.0 Å². The van der Waals surface area contributed by atoms with E-state index >= 15 is 0 Å². The zero-order chi connectivity index (χ0) is 17.5. The number of nitrogens with one attached hydrogen (secondary N) is 3. The monoisotopic (exact) mass is 349 g/mol. The predicted molar refractivity (Wildman–Crippen MR) is 91.4 cm³/mol. The summed E-state index contributed by atoms with van der Waals surface area (Å²) >= 11 is 5.82. The van der Waals surface area contributed by atoms with Gasteiger partial charge in [-0.25, -0.2) is 9.18 Å². The van der Waals surface area contributed by atoms with E-state index in [1.54, 1.807) is 18.2 Å². The maximum absolute atomic E-state index is 13.4. The lowest BCUT2D eigenvalue weighted by Crippen LogP contribution is -2.40. The summed E-state index contributed by atoms with van der Waals surface area (Å²) in [6.45, 7) is 1.82. The molecule has 3 N–H and O–H groups in total. The van der Waals surface area contributed by atoms with Crippen LogP contribution in [-0.4, -0.2) is 18.5 Å². The first kappa shape index (κ1) is 17.9. The zero-order valence-corrected chi connectivity index (χ0v) is 13.7. The number of urea groups is 1. The number of carbonyl (C=O) groups excluding carboxylic acids is 2. The number of imide groups is 1. The number of benzene rings is 2. The highest BCUT2D eigenvalue weighted by atomic mass is 35.5. The molecule has 3 amide bonds. The summed E-state index contributed by atoms with van der Waals surface area (Å²) in [6.07, 6.45) is 0. The van der Waals surface area contributed by atoms with Crippen LogP contribution in [0.3, 0.4) is 0 Å². The average Bonchev–Trinajstić information content (AvgIpc) is 2.55. The molecule has 0 aliphatic heterocycles. The van der Waals surface area contributed by atoms with Crippen LogP contribution in [0.15, 0.2) is 48.5 Å². The number of hydrogen-bond acceptors (Lipinski definition) is 3. The lowest BCUT2D eigenvalue weighted by molar-refractivity contribution is -0.119. The van der Waals surface area contributed by atoms with Crippen LogP contribution in [0.1, 0.15) is 18.5 Å². The summed E-state index contributed by atoms with van der Waals surface area (Å²) in [6, 6.07) is 12.0. The molecule has 0 saturated carbocycles. The van der Waals surface area contributed by atoms with Gasteiger partial charge >= 0.3 is 6.03 Å². The Morgan fingerprint density at radius 2 is 1.79 bits per heavy atom. The Balaban J connectivity index is 1.79. The van der Waals surface area contributed by atoms with Gasteiger partial charge in [0.25, 0.3) is 0 Å². The minimum Gasteiger partial charge on any atom is -0.305 e. The minimum absolute atomic E-state index is 0.00490. The number of rotatable bonds is 5. The van der Waals surface area contributed by atoms with E-state index in [4.69, 9.17) is 11.6 Å². The number of halogens is 2. The van der Waals surface area contributed by atoms with E-state index in [1.807, 2.05) is 19.1 Å². The topological polar surface area (TPSA) is 70.2 Å². The molecule has 2 rings (SSSR count). The molecule has 24 heavy (non-hydrogen) atoms. The molecule has 2 aromatic carbocycles. The molecule has 126 valence electrons. The van der Waals surface area contributed by atoms with Crippen LogP contribution in [0, 0.1) is 5.82 Å². The zero-order valence-electron chi connectivity index (χ0n) is 13.0. The molecule has 5 nitrogen and oxygen atoms in total. The molecule has 7 heteroatoms. The van der Waals surface area contributed by atoms with Crippen molar-refractivity contribution in [3.8, 4) is 0 Å². The molecule has 0 bridgehead atoms. The highest BCUT2D eigenvalue weighted by Crippen LogP contribution is 2.15. The van der Waals surface area contributed by atoms with Crippen LogP contribution in [0.4, 0.5) is 14.9 Å². The first-order valence-corrected chi connectivity index (χ1v) is 7.67. The summed E-state index contributed by atoms with van der Waals surface area (Å²) in [4.78, 5) is 23.4. The van der Waals surface area contributed by atoms with Crippen molar-refractivity contribution in [2.24, 2.45) is 0 Å². The SMILES string of the molecule is C[C@@H](NCC(=O)NC(=O)Nc1ccccc1F)c1ccc(Cl)cc1. The van der Waals surface area contributed by atoms with Gasteiger partial charge in [-0.3, -0.25) is 10.1 Å². The molecule has 0 saturated heterocycles. The standard InChI is InChI=1S/C17H17ClFN3O2/c1-11(12-6-8-13(18)9-7-12)20-10-16(23)22-17(24)21-15-5-3-2-4-14(15)19/h2-9,11,20H,10H2,1H3,(H2,21,22,23,24)/t11-/m1/s1. The molecule has 0 aromatic heterocycles. The van der Waals surface area contributed by atoms with Gasteiger partial charge < -0.3 is 10.6 Å². The third-order valence-electron chi connectivity index (χ3n) is 3.31. The van der Waals surface area contributed by atoms with E-state index in [2.05, 4.69) is 16.0 Å². The van der Waals surface area contributed by atoms with Gasteiger partial charge in [-0.15, -0.1) is 0 Å². The van der Waals surface area contributed by atoms with Crippen molar-refractivity contribution < 1.29 is 14.0 Å². The second kappa shape index (κ2) is 8.42. The maximum atomic E-state index is 13.4. The summed E-state index contributed by atoms with van der Waals surface area (Å²) in [5, 5.41) is 8.03. The minimum atomic E-state index is -0.786. The second-order valence-corrected chi connectivity index (χ2v) is 5.57. The Labute approximate surface area is 144 Å². The Morgan fingerprint density at radius 3 is 2.46 bits per heavy atom. The van der Waals surface area contributed by atoms with Crippen LogP contribution in [0.2, 0.25) is 5.02 Å². The van der Waals surface area contributed by atoms with Gasteiger partial charge in [-0.2, -0.15) is 0 Å². The van der Waals surface area contributed by atoms with Gasteiger partial charge in [-0.05, 0) is 36.8 Å². The van der Waals surface area contributed by atoms with Crippen LogP contribution >= 0.6 is 11.6 Å². The quantitative estimate of drug-likeness (QED) is 0.774. The van der Waals surface area contributed by atoms with Crippen molar-refractivity contribution in [2.45, 2.75) is 13.0 Å². The predicted octanol–water partition coefficient (Wildman–Crippen LogP) is 3.48. The molecule has 0 aliphatic rings. The number of anilines is 1. The van der Waals surface area contributed by atoms with E-state index in [0.717, 1.165) is 5.56 Å². The van der Waals surface area contributed by atoms with Gasteiger partial charge in [0.1, 0.15) is 5.82 Å². The highest BCUT2D eigenvalue weighted by molar-refractivity contribution is 6.30. The Bertz CT molecular complexity index is 722. The van der Waals surface area contributed by atoms with E-state index < -0.39 is 17.8 Å². The number of amides is 3. The molecule has 0 heterocycles. The van der Waals surface area contributed by atoms with E-state index in [-0.39, 0.29) is 18.3 Å². The Kier molecular flexibility index (Phi) is 6.28. The maximum Gasteiger partial charge on any atom is 0.326 e. The van der Waals surface area contributed by atoms with Gasteiger partial charge in [-0.1, -0.05) is 35.9 Å². The fourth-order valence-electron chi connectivity index (χ4n) is 2.00. The van der Waals surface area contributed by atoms with Crippen LogP contribution in [-0.2, 0) is 4.79 Å². The van der Waals surface area contributed by atoms with Crippen LogP contribution in [0.25, 0.3) is 0 Å². The summed E-state index contributed by atoms with van der Waals surface area (Å²) in [5.41, 5.74) is 0.966. The summed E-state index contributed by atoms with van der Waals surface area (Å²) in [7, 11) is 0. The fraction of sp³-hybridized carbons (Fsp3) is 0.176. The average molecular weight is 350 g/mol. The number of carbonyl (C=O) groups is 2. The molecule has 0 spiro atoms. The van der Waals surface area contributed by atoms with Crippen molar-refractivity contribution in [3.63, 3.8) is 0 Å².